The van der Waals surface area contributed by atoms with Crippen LogP contribution in [-0.2, 0) is 13.1 Å². The van der Waals surface area contributed by atoms with E-state index in [-0.39, 0.29) is 0 Å². The smallest absolute Gasteiger partial charge is 0.191 e. The van der Waals surface area contributed by atoms with Crippen molar-refractivity contribution in [2.75, 3.05) is 24.5 Å². The molecule has 1 saturated heterocycles. The van der Waals surface area contributed by atoms with E-state index in [1.54, 1.807) is 11.3 Å². The number of pyridine rings is 1. The van der Waals surface area contributed by atoms with Crippen LogP contribution in [-0.4, -0.2) is 30.6 Å². The van der Waals surface area contributed by atoms with Gasteiger partial charge in [0.25, 0.3) is 0 Å². The first-order valence-corrected chi connectivity index (χ1v) is 10.8. The highest BCUT2D eigenvalue weighted by atomic mass is 32.1. The Morgan fingerprint density at radius 3 is 2.70 bits per heavy atom. The fourth-order valence-electron chi connectivity index (χ4n) is 3.20. The lowest BCUT2D eigenvalue weighted by Crippen LogP contribution is -2.36. The first kappa shape index (κ1) is 19.7. The molecule has 1 aliphatic heterocycles. The minimum Gasteiger partial charge on any atom is -0.357 e. The van der Waals surface area contributed by atoms with Crippen molar-refractivity contribution in [3.63, 3.8) is 0 Å². The van der Waals surface area contributed by atoms with E-state index in [4.69, 9.17) is 4.99 Å². The van der Waals surface area contributed by atoms with E-state index in [0.717, 1.165) is 49.4 Å². The van der Waals surface area contributed by atoms with E-state index in [0.29, 0.717) is 6.54 Å². The van der Waals surface area contributed by atoms with Crippen LogP contribution in [0, 0.1) is 12.8 Å². The summed E-state index contributed by atoms with van der Waals surface area (Å²) < 4.78 is 0. The Hall–Kier alpha value is -2.08. The summed E-state index contributed by atoms with van der Waals surface area (Å²) in [5, 5.41) is 8.87. The predicted octanol–water partition coefficient (Wildman–Crippen LogP) is 3.94. The molecule has 0 aromatic carbocycles. The lowest BCUT2D eigenvalue weighted by molar-refractivity contribution is 0.436. The molecule has 0 amide bonds. The SMILES string of the molecule is CCNC(=NCc1ccc(N2CCC(C)CC2)nc1)NCc1sccc1C. The van der Waals surface area contributed by atoms with Gasteiger partial charge < -0.3 is 15.5 Å². The molecule has 3 rings (SSSR count). The lowest BCUT2D eigenvalue weighted by atomic mass is 9.99. The fraction of sp³-hybridized carbons (Fsp3) is 0.524. The third-order valence-corrected chi connectivity index (χ3v) is 6.09. The van der Waals surface area contributed by atoms with E-state index >= 15 is 0 Å². The first-order valence-electron chi connectivity index (χ1n) is 9.90. The van der Waals surface area contributed by atoms with Gasteiger partial charge in [-0.05, 0) is 61.2 Å². The van der Waals surface area contributed by atoms with Crippen LogP contribution in [0.3, 0.4) is 0 Å². The Morgan fingerprint density at radius 2 is 2.07 bits per heavy atom. The van der Waals surface area contributed by atoms with Crippen molar-refractivity contribution in [2.45, 2.75) is 46.7 Å². The molecule has 1 aliphatic rings. The van der Waals surface area contributed by atoms with Crippen molar-refractivity contribution < 1.29 is 0 Å². The molecule has 1 fully saturated rings. The van der Waals surface area contributed by atoms with Gasteiger partial charge in [-0.15, -0.1) is 11.3 Å². The van der Waals surface area contributed by atoms with E-state index in [1.807, 2.05) is 6.20 Å². The maximum Gasteiger partial charge on any atom is 0.191 e. The lowest BCUT2D eigenvalue weighted by Gasteiger charge is -2.31. The van der Waals surface area contributed by atoms with Gasteiger partial charge in [0.15, 0.2) is 5.96 Å². The van der Waals surface area contributed by atoms with Crippen LogP contribution in [0.25, 0.3) is 0 Å². The second kappa shape index (κ2) is 9.74. The first-order chi connectivity index (χ1) is 13.2. The van der Waals surface area contributed by atoms with E-state index in [2.05, 4.69) is 64.9 Å². The molecule has 6 heteroatoms. The molecule has 146 valence electrons. The zero-order valence-corrected chi connectivity index (χ0v) is 17.5. The average Bonchev–Trinajstić information content (AvgIpc) is 3.10. The van der Waals surface area contributed by atoms with Crippen LogP contribution in [0.2, 0.25) is 0 Å². The van der Waals surface area contributed by atoms with E-state index in [1.165, 1.54) is 23.3 Å². The average molecular weight is 386 g/mol. The number of rotatable bonds is 6. The van der Waals surface area contributed by atoms with Crippen molar-refractivity contribution >= 4 is 23.1 Å². The van der Waals surface area contributed by atoms with Gasteiger partial charge >= 0.3 is 0 Å². The number of guanidine groups is 1. The standard InChI is InChI=1S/C21H31N5S/c1-4-22-21(25-15-19-17(3)9-12-27-19)24-14-18-5-6-20(23-13-18)26-10-7-16(2)8-11-26/h5-6,9,12-13,16H,4,7-8,10-11,14-15H2,1-3H3,(H2,22,24,25). The molecule has 0 spiro atoms. The van der Waals surface area contributed by atoms with Gasteiger partial charge in [0.05, 0.1) is 13.1 Å². The van der Waals surface area contributed by atoms with Crippen molar-refractivity contribution in [1.82, 2.24) is 15.6 Å². The number of anilines is 1. The molecule has 5 nitrogen and oxygen atoms in total. The second-order valence-electron chi connectivity index (χ2n) is 7.27. The van der Waals surface area contributed by atoms with Crippen molar-refractivity contribution in [2.24, 2.45) is 10.9 Å². The molecule has 0 unspecified atom stereocenters. The second-order valence-corrected chi connectivity index (χ2v) is 8.27. The molecule has 3 heterocycles. The molecule has 0 bridgehead atoms. The number of aryl methyl sites for hydroxylation is 1. The molecule has 2 N–H and O–H groups in total. The number of piperidine rings is 1. The van der Waals surface area contributed by atoms with Crippen molar-refractivity contribution in [3.05, 3.63) is 45.8 Å². The third kappa shape index (κ3) is 5.70. The Balaban J connectivity index is 1.56. The van der Waals surface area contributed by atoms with E-state index in [9.17, 15) is 0 Å². The van der Waals surface area contributed by atoms with Crippen LogP contribution in [0.4, 0.5) is 5.82 Å². The number of aromatic nitrogens is 1. The Labute approximate surface area is 166 Å². The highest BCUT2D eigenvalue weighted by Gasteiger charge is 2.16. The number of aliphatic imine (C=N–C) groups is 1. The molecule has 0 atom stereocenters. The predicted molar refractivity (Wildman–Crippen MR) is 116 cm³/mol. The Bertz CT molecular complexity index is 729. The Morgan fingerprint density at radius 1 is 1.26 bits per heavy atom. The van der Waals surface area contributed by atoms with Gasteiger partial charge in [-0.1, -0.05) is 13.0 Å². The summed E-state index contributed by atoms with van der Waals surface area (Å²) in [6.07, 6.45) is 4.48. The molecular weight excluding hydrogens is 354 g/mol. The molecule has 0 radical (unpaired) electrons. The number of thiophene rings is 1. The maximum absolute atomic E-state index is 4.71. The monoisotopic (exact) mass is 385 g/mol. The maximum atomic E-state index is 4.71. The quantitative estimate of drug-likeness (QED) is 0.584. The van der Waals surface area contributed by atoms with Gasteiger partial charge in [0.1, 0.15) is 5.82 Å². The van der Waals surface area contributed by atoms with Crippen LogP contribution < -0.4 is 15.5 Å². The summed E-state index contributed by atoms with van der Waals surface area (Å²) >= 11 is 1.78. The van der Waals surface area contributed by atoms with Crippen LogP contribution in [0.5, 0.6) is 0 Å². The topological polar surface area (TPSA) is 52.6 Å². The summed E-state index contributed by atoms with van der Waals surface area (Å²) in [6.45, 7) is 11.1. The van der Waals surface area contributed by atoms with Gasteiger partial charge in [0, 0.05) is 30.7 Å². The van der Waals surface area contributed by atoms with Crippen molar-refractivity contribution in [1.29, 1.82) is 0 Å². The summed E-state index contributed by atoms with van der Waals surface area (Å²) in [5.74, 6) is 2.78. The summed E-state index contributed by atoms with van der Waals surface area (Å²) in [6, 6.07) is 6.44. The molecule has 2 aromatic rings. The molecule has 27 heavy (non-hydrogen) atoms. The van der Waals surface area contributed by atoms with Gasteiger partial charge in [-0.2, -0.15) is 0 Å². The van der Waals surface area contributed by atoms with Crippen molar-refractivity contribution in [3.8, 4) is 0 Å². The van der Waals surface area contributed by atoms with Crippen LogP contribution in [0.15, 0.2) is 34.8 Å². The van der Waals surface area contributed by atoms with Gasteiger partial charge in [-0.25, -0.2) is 9.98 Å². The number of hydrogen-bond acceptors (Lipinski definition) is 4. The number of nitrogens with zero attached hydrogens (tertiary/aromatic N) is 3. The van der Waals surface area contributed by atoms with Gasteiger partial charge in [-0.3, -0.25) is 0 Å². The molecule has 0 saturated carbocycles. The zero-order chi connectivity index (χ0) is 19.1. The highest BCUT2D eigenvalue weighted by molar-refractivity contribution is 7.10. The highest BCUT2D eigenvalue weighted by Crippen LogP contribution is 2.21. The van der Waals surface area contributed by atoms with Crippen LogP contribution >= 0.6 is 11.3 Å². The number of nitrogens with one attached hydrogen (secondary N) is 2. The minimum absolute atomic E-state index is 0.628. The molecule has 2 aromatic heterocycles. The summed E-state index contributed by atoms with van der Waals surface area (Å²) in [7, 11) is 0. The number of hydrogen-bond donors (Lipinski definition) is 2. The third-order valence-electron chi connectivity index (χ3n) is 5.07. The fourth-order valence-corrected chi connectivity index (χ4v) is 4.04. The van der Waals surface area contributed by atoms with Crippen LogP contribution in [0.1, 0.15) is 42.7 Å². The molecular formula is C21H31N5S. The van der Waals surface area contributed by atoms with E-state index < -0.39 is 0 Å². The summed E-state index contributed by atoms with van der Waals surface area (Å²) in [4.78, 5) is 13.1. The largest absolute Gasteiger partial charge is 0.357 e. The minimum atomic E-state index is 0.628. The normalized spacial score (nSPS) is 15.8. The zero-order valence-electron chi connectivity index (χ0n) is 16.7. The Kier molecular flexibility index (Phi) is 7.10. The summed E-state index contributed by atoms with van der Waals surface area (Å²) in [5.41, 5.74) is 2.46. The van der Waals surface area contributed by atoms with Gasteiger partial charge in [0.2, 0.25) is 0 Å². The molecule has 0 aliphatic carbocycles.